The number of thiazole rings is 1. The van der Waals surface area contributed by atoms with Crippen molar-refractivity contribution in [1.82, 2.24) is 4.57 Å². The zero-order valence-corrected chi connectivity index (χ0v) is 15.6. The van der Waals surface area contributed by atoms with Gasteiger partial charge in [0.05, 0.1) is 17.3 Å². The second-order valence-corrected chi connectivity index (χ2v) is 7.02. The van der Waals surface area contributed by atoms with Gasteiger partial charge in [-0.1, -0.05) is 47.7 Å². The summed E-state index contributed by atoms with van der Waals surface area (Å²) in [7, 11) is 1.35. The molecule has 5 nitrogen and oxygen atoms in total. The van der Waals surface area contributed by atoms with Gasteiger partial charge in [-0.2, -0.15) is 4.99 Å². The minimum atomic E-state index is -0.372. The highest BCUT2D eigenvalue weighted by Crippen LogP contribution is 2.19. The number of amides is 1. The predicted octanol–water partition coefficient (Wildman–Crippen LogP) is 3.24. The average Bonchev–Trinajstić information content (AvgIpc) is 2.96. The van der Waals surface area contributed by atoms with E-state index in [2.05, 4.69) is 4.99 Å². The van der Waals surface area contributed by atoms with E-state index in [1.807, 2.05) is 55.5 Å². The minimum absolute atomic E-state index is 0.0321. The Bertz CT molecular complexity index is 1000. The average molecular weight is 368 g/mol. The van der Waals surface area contributed by atoms with Crippen molar-refractivity contribution in [3.05, 3.63) is 64.5 Å². The Morgan fingerprint density at radius 1 is 1.15 bits per heavy atom. The number of fused-ring (bicyclic) bond motifs is 1. The van der Waals surface area contributed by atoms with Crippen molar-refractivity contribution >= 4 is 33.4 Å². The molecule has 1 amide bonds. The van der Waals surface area contributed by atoms with Gasteiger partial charge in [0.1, 0.15) is 6.54 Å². The normalized spacial score (nSPS) is 11.7. The van der Waals surface area contributed by atoms with Crippen LogP contribution in [0, 0.1) is 6.92 Å². The lowest BCUT2D eigenvalue weighted by Crippen LogP contribution is -2.22. The monoisotopic (exact) mass is 368 g/mol. The number of carbonyl (C=O) groups is 2. The van der Waals surface area contributed by atoms with E-state index in [1.165, 1.54) is 18.4 Å². The zero-order chi connectivity index (χ0) is 18.5. The molecule has 1 aromatic heterocycles. The number of methoxy groups -OCH3 is 1. The molecule has 6 heteroatoms. The molecule has 0 N–H and O–H groups in total. The summed E-state index contributed by atoms with van der Waals surface area (Å²) in [5.41, 5.74) is 3.09. The van der Waals surface area contributed by atoms with E-state index in [-0.39, 0.29) is 18.4 Å². The molecule has 0 radical (unpaired) electrons. The summed E-state index contributed by atoms with van der Waals surface area (Å²) in [5, 5.41) is 0. The maximum atomic E-state index is 12.3. The number of ether oxygens (including phenoxy) is 1. The molecule has 1 heterocycles. The van der Waals surface area contributed by atoms with Crippen LogP contribution in [-0.2, 0) is 27.3 Å². The van der Waals surface area contributed by atoms with Crippen LogP contribution >= 0.6 is 11.3 Å². The van der Waals surface area contributed by atoms with Crippen LogP contribution in [0.3, 0.4) is 0 Å². The van der Waals surface area contributed by atoms with Crippen LogP contribution in [0.1, 0.15) is 17.5 Å². The first kappa shape index (κ1) is 18.1. The Hall–Kier alpha value is -2.73. The SMILES string of the molecule is COC(=O)Cn1c(=NC(=O)CCc2ccccc2)sc2cc(C)ccc21. The molecule has 0 fully saturated rings. The third-order valence-electron chi connectivity index (χ3n) is 4.04. The van der Waals surface area contributed by atoms with Gasteiger partial charge in [0.2, 0.25) is 5.91 Å². The van der Waals surface area contributed by atoms with Gasteiger partial charge in [-0.05, 0) is 36.6 Å². The van der Waals surface area contributed by atoms with E-state index in [1.54, 1.807) is 4.57 Å². The molecule has 0 aliphatic carbocycles. The van der Waals surface area contributed by atoms with E-state index >= 15 is 0 Å². The first-order valence-corrected chi connectivity index (χ1v) is 9.17. The van der Waals surface area contributed by atoms with Crippen molar-refractivity contribution in [1.29, 1.82) is 0 Å². The second-order valence-electron chi connectivity index (χ2n) is 6.01. The van der Waals surface area contributed by atoms with Crippen LogP contribution < -0.4 is 4.80 Å². The van der Waals surface area contributed by atoms with Crippen LogP contribution in [0.15, 0.2) is 53.5 Å². The van der Waals surface area contributed by atoms with E-state index in [4.69, 9.17) is 4.74 Å². The molecule has 0 bridgehead atoms. The zero-order valence-electron chi connectivity index (χ0n) is 14.8. The van der Waals surface area contributed by atoms with E-state index in [0.29, 0.717) is 17.6 Å². The molecule has 3 aromatic rings. The smallest absolute Gasteiger partial charge is 0.325 e. The third kappa shape index (κ3) is 4.26. The fraction of sp³-hybridized carbons (Fsp3) is 0.250. The molecular formula is C20H20N2O3S. The molecule has 3 rings (SSSR count). The number of carbonyl (C=O) groups excluding carboxylic acids is 2. The summed E-state index contributed by atoms with van der Waals surface area (Å²) < 4.78 is 7.51. The highest BCUT2D eigenvalue weighted by molar-refractivity contribution is 7.16. The number of hydrogen-bond acceptors (Lipinski definition) is 4. The molecule has 0 spiro atoms. The molecule has 0 aliphatic rings. The van der Waals surface area contributed by atoms with Gasteiger partial charge in [-0.25, -0.2) is 0 Å². The van der Waals surface area contributed by atoms with E-state index in [0.717, 1.165) is 21.3 Å². The van der Waals surface area contributed by atoms with Gasteiger partial charge < -0.3 is 9.30 Å². The van der Waals surface area contributed by atoms with E-state index < -0.39 is 0 Å². The first-order chi connectivity index (χ1) is 12.6. The van der Waals surface area contributed by atoms with E-state index in [9.17, 15) is 9.59 Å². The molecule has 0 unspecified atom stereocenters. The fourth-order valence-corrected chi connectivity index (χ4v) is 3.82. The summed E-state index contributed by atoms with van der Waals surface area (Å²) in [4.78, 5) is 28.9. The third-order valence-corrected chi connectivity index (χ3v) is 5.08. The molecule has 134 valence electrons. The fourth-order valence-electron chi connectivity index (χ4n) is 2.67. The summed E-state index contributed by atoms with van der Waals surface area (Å²) in [6.07, 6.45) is 0.972. The summed E-state index contributed by atoms with van der Waals surface area (Å²) >= 11 is 1.41. The minimum Gasteiger partial charge on any atom is -0.468 e. The van der Waals surface area contributed by atoms with Gasteiger partial charge in [0.15, 0.2) is 4.80 Å². The molecule has 0 saturated heterocycles. The van der Waals surface area contributed by atoms with Crippen LogP contribution in [0.25, 0.3) is 10.2 Å². The highest BCUT2D eigenvalue weighted by atomic mass is 32.1. The van der Waals surface area contributed by atoms with Crippen LogP contribution in [0.5, 0.6) is 0 Å². The Labute approximate surface area is 155 Å². The maximum Gasteiger partial charge on any atom is 0.325 e. The molecule has 26 heavy (non-hydrogen) atoms. The Morgan fingerprint density at radius 2 is 1.92 bits per heavy atom. The molecule has 0 atom stereocenters. The van der Waals surface area contributed by atoms with Crippen molar-refractivity contribution in [2.45, 2.75) is 26.3 Å². The number of esters is 1. The van der Waals surface area contributed by atoms with Crippen molar-refractivity contribution in [2.75, 3.05) is 7.11 Å². The Kier molecular flexibility index (Phi) is 5.63. The molecule has 2 aromatic carbocycles. The lowest BCUT2D eigenvalue weighted by Gasteiger charge is -2.04. The van der Waals surface area contributed by atoms with Gasteiger partial charge in [-0.15, -0.1) is 0 Å². The molecule has 0 aliphatic heterocycles. The van der Waals surface area contributed by atoms with Crippen LogP contribution in [-0.4, -0.2) is 23.6 Å². The Balaban J connectivity index is 1.91. The van der Waals surface area contributed by atoms with Gasteiger partial charge in [0, 0.05) is 6.42 Å². The number of benzene rings is 2. The van der Waals surface area contributed by atoms with Crippen LogP contribution in [0.2, 0.25) is 0 Å². The number of rotatable bonds is 5. The lowest BCUT2D eigenvalue weighted by molar-refractivity contribution is -0.141. The van der Waals surface area contributed by atoms with Gasteiger partial charge >= 0.3 is 5.97 Å². The first-order valence-electron chi connectivity index (χ1n) is 8.35. The van der Waals surface area contributed by atoms with Gasteiger partial charge in [0.25, 0.3) is 0 Å². The van der Waals surface area contributed by atoms with Crippen molar-refractivity contribution in [2.24, 2.45) is 4.99 Å². The van der Waals surface area contributed by atoms with Crippen molar-refractivity contribution in [3.8, 4) is 0 Å². The van der Waals surface area contributed by atoms with Gasteiger partial charge in [-0.3, -0.25) is 9.59 Å². The standard InChI is InChI=1S/C20H20N2O3S/c1-14-8-10-16-17(12-14)26-20(22(16)13-19(24)25-2)21-18(23)11-9-15-6-4-3-5-7-15/h3-8,10,12H,9,11,13H2,1-2H3. The Morgan fingerprint density at radius 3 is 2.65 bits per heavy atom. The summed E-state index contributed by atoms with van der Waals surface area (Å²) in [6, 6.07) is 15.8. The maximum absolute atomic E-state index is 12.3. The largest absolute Gasteiger partial charge is 0.468 e. The molecular weight excluding hydrogens is 348 g/mol. The quantitative estimate of drug-likeness (QED) is 0.650. The number of nitrogens with zero attached hydrogens (tertiary/aromatic N) is 2. The highest BCUT2D eigenvalue weighted by Gasteiger charge is 2.12. The summed E-state index contributed by atoms with van der Waals surface area (Å²) in [6.45, 7) is 2.04. The lowest BCUT2D eigenvalue weighted by atomic mass is 10.1. The second kappa shape index (κ2) is 8.10. The number of aromatic nitrogens is 1. The van der Waals surface area contributed by atoms with Crippen LogP contribution in [0.4, 0.5) is 0 Å². The van der Waals surface area contributed by atoms with Crippen molar-refractivity contribution < 1.29 is 14.3 Å². The van der Waals surface area contributed by atoms with Crippen molar-refractivity contribution in [3.63, 3.8) is 0 Å². The number of aryl methyl sites for hydroxylation is 2. The predicted molar refractivity (Wildman–Crippen MR) is 102 cm³/mol. The number of hydrogen-bond donors (Lipinski definition) is 0. The topological polar surface area (TPSA) is 60.7 Å². The summed E-state index contributed by atoms with van der Waals surface area (Å²) in [5.74, 6) is -0.570. The molecule has 0 saturated carbocycles.